The average molecular weight is 150 g/mol. The van der Waals surface area contributed by atoms with Gasteiger partial charge in [0.05, 0.1) is 5.38 Å². The summed E-state index contributed by atoms with van der Waals surface area (Å²) in [5.74, 6) is 0. The van der Waals surface area contributed by atoms with Gasteiger partial charge in [-0.1, -0.05) is 4.49 Å². The van der Waals surface area contributed by atoms with Crippen LogP contribution in [-0.4, -0.2) is 18.3 Å². The summed E-state index contributed by atoms with van der Waals surface area (Å²) in [5, 5.41) is 4.88. The monoisotopic (exact) mass is 150 g/mol. The van der Waals surface area contributed by atoms with Gasteiger partial charge in [0.25, 0.3) is 0 Å². The first-order valence-corrected chi connectivity index (χ1v) is 3.63. The van der Waals surface area contributed by atoms with Crippen LogP contribution in [0.5, 0.6) is 0 Å². The van der Waals surface area contributed by atoms with Crippen molar-refractivity contribution in [3.8, 4) is 0 Å². The van der Waals surface area contributed by atoms with Crippen molar-refractivity contribution in [2.45, 2.75) is 5.03 Å². The average Bonchev–Trinajstić information content (AvgIpc) is 2.12. The number of hydrogen-bond donors (Lipinski definition) is 1. The summed E-state index contributed by atoms with van der Waals surface area (Å²) in [5.41, 5.74) is 0. The predicted molar refractivity (Wildman–Crippen MR) is 28.9 cm³/mol. The smallest absolute Gasteiger partial charge is 0.208 e. The molecule has 44 valence electrons. The summed E-state index contributed by atoms with van der Waals surface area (Å²) in [4.78, 5) is 0. The zero-order chi connectivity index (χ0) is 5.98. The number of nitrogens with zero attached hydrogens (tertiary/aromatic N) is 2. The van der Waals surface area contributed by atoms with Crippen LogP contribution >= 0.6 is 11.5 Å². The van der Waals surface area contributed by atoms with Gasteiger partial charge in [-0.2, -0.15) is 0 Å². The van der Waals surface area contributed by atoms with Crippen LogP contribution in [0.1, 0.15) is 0 Å². The summed E-state index contributed by atoms with van der Waals surface area (Å²) < 4.78 is 21.7. The topological polar surface area (TPSA) is 63.1 Å². The molecule has 1 heterocycles. The third-order valence-corrected chi connectivity index (χ3v) is 1.73. The van der Waals surface area contributed by atoms with Gasteiger partial charge >= 0.3 is 0 Å². The van der Waals surface area contributed by atoms with Crippen molar-refractivity contribution in [3.05, 3.63) is 5.38 Å². The van der Waals surface area contributed by atoms with E-state index in [9.17, 15) is 4.21 Å². The molecule has 1 N–H and O–H groups in total. The first kappa shape index (κ1) is 5.80. The molecule has 4 nitrogen and oxygen atoms in total. The van der Waals surface area contributed by atoms with Gasteiger partial charge < -0.3 is 4.55 Å². The van der Waals surface area contributed by atoms with Crippen LogP contribution in [0.4, 0.5) is 0 Å². The molecule has 0 saturated carbocycles. The molecule has 0 bridgehead atoms. The van der Waals surface area contributed by atoms with E-state index in [0.717, 1.165) is 11.5 Å². The molecule has 1 aromatic rings. The van der Waals surface area contributed by atoms with Gasteiger partial charge in [-0.3, -0.25) is 0 Å². The van der Waals surface area contributed by atoms with E-state index >= 15 is 0 Å². The lowest BCUT2D eigenvalue weighted by atomic mass is 11.0. The van der Waals surface area contributed by atoms with Crippen LogP contribution in [0.25, 0.3) is 0 Å². The highest BCUT2D eigenvalue weighted by molar-refractivity contribution is 7.79. The standard InChI is InChI=1S/C2H2N2O2S2/c5-8(6)2-1-7-4-3-2/h1H,(H,5,6). The highest BCUT2D eigenvalue weighted by Gasteiger charge is 1.99. The van der Waals surface area contributed by atoms with Crippen molar-refractivity contribution in [1.29, 1.82) is 0 Å². The Morgan fingerprint density at radius 2 is 2.62 bits per heavy atom. The first-order chi connectivity index (χ1) is 3.80. The fraction of sp³-hybridized carbons (Fsp3) is 0. The van der Waals surface area contributed by atoms with Crippen molar-refractivity contribution in [2.75, 3.05) is 0 Å². The van der Waals surface area contributed by atoms with Crippen LogP contribution in [0, 0.1) is 0 Å². The van der Waals surface area contributed by atoms with Crippen LogP contribution in [0.2, 0.25) is 0 Å². The van der Waals surface area contributed by atoms with Crippen molar-refractivity contribution in [3.63, 3.8) is 0 Å². The van der Waals surface area contributed by atoms with Gasteiger partial charge in [0.1, 0.15) is 0 Å². The fourth-order valence-electron chi connectivity index (χ4n) is 0.232. The quantitative estimate of drug-likeness (QED) is 0.577. The molecule has 0 aliphatic heterocycles. The van der Waals surface area contributed by atoms with E-state index in [1.807, 2.05) is 0 Å². The van der Waals surface area contributed by atoms with E-state index in [1.165, 1.54) is 5.38 Å². The Kier molecular flexibility index (Phi) is 1.66. The highest BCUT2D eigenvalue weighted by atomic mass is 32.2. The Balaban J connectivity index is 2.93. The second-order valence-electron chi connectivity index (χ2n) is 0.992. The first-order valence-electron chi connectivity index (χ1n) is 1.68. The molecule has 0 radical (unpaired) electrons. The molecule has 0 aliphatic rings. The maximum atomic E-state index is 10.1. The minimum atomic E-state index is -1.96. The predicted octanol–water partition coefficient (Wildman–Crippen LogP) is 0.119. The number of aromatic nitrogens is 2. The SMILES string of the molecule is O=S(O)c1csnn1. The van der Waals surface area contributed by atoms with E-state index in [-0.39, 0.29) is 5.03 Å². The van der Waals surface area contributed by atoms with Gasteiger partial charge in [-0.15, -0.1) is 5.10 Å². The van der Waals surface area contributed by atoms with E-state index < -0.39 is 11.1 Å². The maximum Gasteiger partial charge on any atom is 0.208 e. The molecular weight excluding hydrogens is 148 g/mol. The lowest BCUT2D eigenvalue weighted by Gasteiger charge is -1.76. The van der Waals surface area contributed by atoms with E-state index in [0.29, 0.717) is 0 Å². The van der Waals surface area contributed by atoms with Crippen molar-refractivity contribution >= 4 is 22.6 Å². The molecule has 0 aliphatic carbocycles. The molecule has 6 heteroatoms. The van der Waals surface area contributed by atoms with Crippen LogP contribution in [-0.2, 0) is 11.1 Å². The van der Waals surface area contributed by atoms with Gasteiger partial charge in [-0.25, -0.2) is 4.21 Å². The summed E-state index contributed by atoms with van der Waals surface area (Å²) >= 11 is -0.907. The second-order valence-corrected chi connectivity index (χ2v) is 2.52. The Morgan fingerprint density at radius 3 is 2.88 bits per heavy atom. The summed E-state index contributed by atoms with van der Waals surface area (Å²) in [6.07, 6.45) is 0. The second kappa shape index (κ2) is 2.29. The normalized spacial score (nSPS) is 13.6. The molecule has 8 heavy (non-hydrogen) atoms. The van der Waals surface area contributed by atoms with E-state index in [4.69, 9.17) is 4.55 Å². The van der Waals surface area contributed by atoms with E-state index in [1.54, 1.807) is 0 Å². The van der Waals surface area contributed by atoms with Gasteiger partial charge in [-0.05, 0) is 11.5 Å². The van der Waals surface area contributed by atoms with Crippen LogP contribution in [0.15, 0.2) is 10.4 Å². The lowest BCUT2D eigenvalue weighted by molar-refractivity contribution is 0.560. The summed E-state index contributed by atoms with van der Waals surface area (Å²) in [6, 6.07) is 0. The Bertz CT molecular complexity index is 184. The van der Waals surface area contributed by atoms with Crippen LogP contribution in [0.3, 0.4) is 0 Å². The third kappa shape index (κ3) is 1.09. The summed E-state index contributed by atoms with van der Waals surface area (Å²) in [7, 11) is 0. The third-order valence-electron chi connectivity index (χ3n) is 0.519. The largest absolute Gasteiger partial charge is 0.301 e. The Hall–Kier alpha value is -0.330. The molecule has 0 saturated heterocycles. The number of hydrogen-bond acceptors (Lipinski definition) is 4. The number of rotatable bonds is 1. The zero-order valence-corrected chi connectivity index (χ0v) is 5.28. The maximum absolute atomic E-state index is 10.1. The van der Waals surface area contributed by atoms with Crippen LogP contribution < -0.4 is 0 Å². The van der Waals surface area contributed by atoms with Gasteiger partial charge in [0.15, 0.2) is 5.03 Å². The van der Waals surface area contributed by atoms with E-state index in [2.05, 4.69) is 9.59 Å². The van der Waals surface area contributed by atoms with Crippen molar-refractivity contribution < 1.29 is 8.76 Å². The molecule has 0 fully saturated rings. The molecule has 0 amide bonds. The fourth-order valence-corrected chi connectivity index (χ4v) is 1.17. The molecule has 0 spiro atoms. The summed E-state index contributed by atoms with van der Waals surface area (Å²) in [6.45, 7) is 0. The molecule has 0 aromatic carbocycles. The van der Waals surface area contributed by atoms with Gasteiger partial charge in [0.2, 0.25) is 11.1 Å². The molecule has 1 atom stereocenters. The molecular formula is C2H2N2O2S2. The highest BCUT2D eigenvalue weighted by Crippen LogP contribution is 1.99. The molecule has 1 aromatic heterocycles. The Morgan fingerprint density at radius 1 is 1.88 bits per heavy atom. The minimum absolute atomic E-state index is 0.120. The molecule has 1 rings (SSSR count). The van der Waals surface area contributed by atoms with Crippen molar-refractivity contribution in [1.82, 2.24) is 9.59 Å². The molecule has 1 unspecified atom stereocenters. The minimum Gasteiger partial charge on any atom is -0.301 e. The Labute approximate surface area is 52.0 Å². The van der Waals surface area contributed by atoms with Gasteiger partial charge in [0, 0.05) is 0 Å². The zero-order valence-electron chi connectivity index (χ0n) is 3.64. The lowest BCUT2D eigenvalue weighted by Crippen LogP contribution is -1.86. The van der Waals surface area contributed by atoms with Crippen molar-refractivity contribution in [2.24, 2.45) is 0 Å².